The fourth-order valence-corrected chi connectivity index (χ4v) is 4.38. The van der Waals surface area contributed by atoms with Crippen LogP contribution < -0.4 is 4.74 Å². The van der Waals surface area contributed by atoms with Gasteiger partial charge in [-0.2, -0.15) is 13.2 Å². The smallest absolute Gasteiger partial charge is 0.416 e. The van der Waals surface area contributed by atoms with Crippen LogP contribution in [0.3, 0.4) is 0 Å². The zero-order chi connectivity index (χ0) is 25.3. The Balaban J connectivity index is 1.69. The second-order valence-electron chi connectivity index (χ2n) is 8.10. The summed E-state index contributed by atoms with van der Waals surface area (Å²) < 4.78 is 43.8. The van der Waals surface area contributed by atoms with Crippen LogP contribution in [0.1, 0.15) is 46.8 Å². The van der Waals surface area contributed by atoms with Crippen molar-refractivity contribution in [2.75, 3.05) is 0 Å². The van der Waals surface area contributed by atoms with E-state index >= 15 is 0 Å². The third kappa shape index (κ3) is 5.95. The van der Waals surface area contributed by atoms with Crippen molar-refractivity contribution in [2.45, 2.75) is 45.4 Å². The van der Waals surface area contributed by atoms with E-state index in [9.17, 15) is 27.9 Å². The van der Waals surface area contributed by atoms with E-state index in [1.165, 1.54) is 32.0 Å². The predicted octanol–water partition coefficient (Wildman–Crippen LogP) is 6.85. The molecule has 0 aliphatic rings. The summed E-state index contributed by atoms with van der Waals surface area (Å²) in [6.07, 6.45) is -3.93. The van der Waals surface area contributed by atoms with Crippen molar-refractivity contribution in [1.82, 2.24) is 4.98 Å². The largest absolute Gasteiger partial charge is 0.478 e. The Morgan fingerprint density at radius 2 is 1.76 bits per heavy atom. The van der Waals surface area contributed by atoms with E-state index in [1.807, 2.05) is 0 Å². The van der Waals surface area contributed by atoms with E-state index in [2.05, 4.69) is 4.98 Å². The molecule has 0 radical (unpaired) electrons. The van der Waals surface area contributed by atoms with Crippen LogP contribution in [0.4, 0.5) is 13.2 Å². The number of alkyl halides is 3. The van der Waals surface area contributed by atoms with Gasteiger partial charge in [-0.05, 0) is 57.0 Å². The number of aryl methyl sites for hydroxylation is 2. The van der Waals surface area contributed by atoms with Crippen LogP contribution in [0, 0.1) is 6.92 Å². The molecule has 0 saturated heterocycles. The van der Waals surface area contributed by atoms with Gasteiger partial charge < -0.3 is 9.84 Å². The maximum atomic E-state index is 12.8. The lowest BCUT2D eigenvalue weighted by Crippen LogP contribution is -2.37. The van der Waals surface area contributed by atoms with Gasteiger partial charge in [-0.25, -0.2) is 9.78 Å². The molecule has 0 bridgehead atoms. The third-order valence-electron chi connectivity index (χ3n) is 5.04. The predicted molar refractivity (Wildman–Crippen MR) is 124 cm³/mol. The summed E-state index contributed by atoms with van der Waals surface area (Å²) >= 11 is 7.43. The highest BCUT2D eigenvalue weighted by Crippen LogP contribution is 2.34. The van der Waals surface area contributed by atoms with Crippen LogP contribution in [-0.2, 0) is 17.4 Å². The Bertz CT molecular complexity index is 1220. The molecule has 5 nitrogen and oxygen atoms in total. The number of carboxylic acid groups (broad SMARTS) is 1. The second-order valence-corrected chi connectivity index (χ2v) is 9.51. The summed E-state index contributed by atoms with van der Waals surface area (Å²) in [6, 6.07) is 9.43. The van der Waals surface area contributed by atoms with Gasteiger partial charge in [0, 0.05) is 17.0 Å². The number of carboxylic acids is 1. The Morgan fingerprint density at radius 1 is 1.12 bits per heavy atom. The molecule has 180 valence electrons. The van der Waals surface area contributed by atoms with Crippen LogP contribution in [0.5, 0.6) is 5.75 Å². The number of carbonyl (C=O) groups is 2. The molecule has 3 aromatic rings. The van der Waals surface area contributed by atoms with E-state index in [0.29, 0.717) is 43.9 Å². The molecule has 0 fully saturated rings. The van der Waals surface area contributed by atoms with Gasteiger partial charge in [0.2, 0.25) is 0 Å². The van der Waals surface area contributed by atoms with Crippen LogP contribution in [-0.4, -0.2) is 27.4 Å². The number of benzene rings is 2. The molecule has 0 saturated carbocycles. The number of nitrogens with zero attached hydrogens (tertiary/aromatic N) is 1. The quantitative estimate of drug-likeness (QED) is 0.335. The third-order valence-corrected chi connectivity index (χ3v) is 6.64. The van der Waals surface area contributed by atoms with Gasteiger partial charge in [-0.15, -0.1) is 11.3 Å². The first-order valence-electron chi connectivity index (χ1n) is 10.2. The molecule has 0 aliphatic heterocycles. The monoisotopic (exact) mass is 511 g/mol. The number of thiazole rings is 1. The van der Waals surface area contributed by atoms with Crippen molar-refractivity contribution >= 4 is 34.7 Å². The normalized spacial score (nSPS) is 12.0. The lowest BCUT2D eigenvalue weighted by Gasteiger charge is -2.21. The minimum absolute atomic E-state index is 0.149. The average molecular weight is 512 g/mol. The molecule has 1 aromatic heterocycles. The first-order chi connectivity index (χ1) is 15.8. The molecule has 0 unspecified atom stereocenters. The molecular weight excluding hydrogens is 491 g/mol. The summed E-state index contributed by atoms with van der Waals surface area (Å²) in [6.45, 7) is 4.53. The molecule has 1 N–H and O–H groups in total. The topological polar surface area (TPSA) is 76.5 Å². The van der Waals surface area contributed by atoms with Gasteiger partial charge in [0.15, 0.2) is 11.4 Å². The van der Waals surface area contributed by atoms with Crippen LogP contribution >= 0.6 is 22.9 Å². The zero-order valence-electron chi connectivity index (χ0n) is 18.5. The van der Waals surface area contributed by atoms with Crippen molar-refractivity contribution in [3.8, 4) is 16.3 Å². The van der Waals surface area contributed by atoms with Crippen molar-refractivity contribution in [2.24, 2.45) is 0 Å². The van der Waals surface area contributed by atoms with E-state index in [0.717, 1.165) is 23.5 Å². The first kappa shape index (κ1) is 25.7. The number of ketones is 1. The van der Waals surface area contributed by atoms with E-state index in [4.69, 9.17) is 16.3 Å². The molecule has 2 aromatic carbocycles. The minimum atomic E-state index is -4.42. The Kier molecular flexibility index (Phi) is 7.38. The Hall–Kier alpha value is -2.91. The zero-order valence-corrected chi connectivity index (χ0v) is 20.1. The van der Waals surface area contributed by atoms with E-state index < -0.39 is 23.3 Å². The fraction of sp³-hybridized carbons (Fsp3) is 0.292. The van der Waals surface area contributed by atoms with Gasteiger partial charge >= 0.3 is 12.1 Å². The van der Waals surface area contributed by atoms with Crippen molar-refractivity contribution < 1.29 is 32.6 Å². The molecule has 0 atom stereocenters. The molecule has 0 aliphatic carbocycles. The van der Waals surface area contributed by atoms with E-state index in [-0.39, 0.29) is 12.2 Å². The van der Waals surface area contributed by atoms with Gasteiger partial charge in [-0.1, -0.05) is 29.8 Å². The van der Waals surface area contributed by atoms with Gasteiger partial charge in [0.25, 0.3) is 0 Å². The van der Waals surface area contributed by atoms with Crippen LogP contribution in [0.2, 0.25) is 5.02 Å². The number of rotatable bonds is 8. The van der Waals surface area contributed by atoms with Crippen molar-refractivity contribution in [3.05, 3.63) is 69.2 Å². The summed E-state index contributed by atoms with van der Waals surface area (Å²) in [7, 11) is 0. The van der Waals surface area contributed by atoms with Crippen LogP contribution in [0.15, 0.2) is 42.5 Å². The molecule has 0 spiro atoms. The average Bonchev–Trinajstić information content (AvgIpc) is 3.14. The number of halogens is 4. The summed E-state index contributed by atoms with van der Waals surface area (Å²) in [5.74, 6) is -0.975. The Labute approximate surface area is 203 Å². The van der Waals surface area contributed by atoms with Gasteiger partial charge in [-0.3, -0.25) is 4.79 Å². The van der Waals surface area contributed by atoms with Gasteiger partial charge in [0.05, 0.1) is 16.1 Å². The number of Topliss-reactive ketones (excluding diaryl/α,β-unsaturated/α-hetero) is 1. The number of carbonyl (C=O) groups excluding carboxylic acids is 1. The molecule has 1 heterocycles. The van der Waals surface area contributed by atoms with E-state index in [1.54, 1.807) is 19.1 Å². The molecule has 10 heteroatoms. The summed E-state index contributed by atoms with van der Waals surface area (Å²) in [4.78, 5) is 28.8. The highest BCUT2D eigenvalue weighted by molar-refractivity contribution is 7.17. The first-order valence-corrected chi connectivity index (χ1v) is 11.4. The molecule has 0 amide bonds. The summed E-state index contributed by atoms with van der Waals surface area (Å²) in [5.41, 5.74) is -0.463. The Morgan fingerprint density at radius 3 is 2.32 bits per heavy atom. The molecular formula is C24H21ClF3NO4S. The number of hydrogen-bond donors (Lipinski definition) is 1. The minimum Gasteiger partial charge on any atom is -0.478 e. The maximum absolute atomic E-state index is 12.8. The van der Waals surface area contributed by atoms with Gasteiger partial charge in [0.1, 0.15) is 10.8 Å². The number of aromatic nitrogens is 1. The molecule has 34 heavy (non-hydrogen) atoms. The second kappa shape index (κ2) is 9.76. The van der Waals surface area contributed by atoms with Crippen molar-refractivity contribution in [3.63, 3.8) is 0 Å². The SMILES string of the molecule is Cc1nc(-c2ccc(C(F)(F)F)cc2)sc1C(=O)CCc1ccc(OC(C)(C)C(=O)O)cc1Cl. The van der Waals surface area contributed by atoms with Crippen molar-refractivity contribution in [1.29, 1.82) is 0 Å². The molecule has 3 rings (SSSR count). The van der Waals surface area contributed by atoms with Crippen LogP contribution in [0.25, 0.3) is 10.6 Å². The highest BCUT2D eigenvalue weighted by Gasteiger charge is 2.31. The standard InChI is InChI=1S/C24H21ClF3NO4S/c1-13-20(34-21(29-13)15-4-8-16(9-5-15)24(26,27)28)19(30)11-7-14-6-10-17(12-18(14)25)33-23(2,3)22(31)32/h4-6,8-10,12H,7,11H2,1-3H3,(H,31,32). The summed E-state index contributed by atoms with van der Waals surface area (Å²) in [5, 5.41) is 9.99. The lowest BCUT2D eigenvalue weighted by molar-refractivity contribution is -0.152. The number of hydrogen-bond acceptors (Lipinski definition) is 5. The maximum Gasteiger partial charge on any atom is 0.416 e. The highest BCUT2D eigenvalue weighted by atomic mass is 35.5. The number of ether oxygens (including phenoxy) is 1. The fourth-order valence-electron chi connectivity index (χ4n) is 3.07. The number of aliphatic carboxylic acids is 1. The lowest BCUT2D eigenvalue weighted by atomic mass is 10.1.